The van der Waals surface area contributed by atoms with Gasteiger partial charge in [0.05, 0.1) is 23.3 Å². The number of rotatable bonds is 2. The first-order valence-corrected chi connectivity index (χ1v) is 9.19. The minimum Gasteiger partial charge on any atom is -0.390 e. The molecule has 4 bridgehead atoms. The summed E-state index contributed by atoms with van der Waals surface area (Å²) in [5, 5.41) is 31.1. The highest BCUT2D eigenvalue weighted by Gasteiger charge is 2.66. The molecule has 1 aliphatic heterocycles. The molecule has 1 amide bonds. The third-order valence-corrected chi connectivity index (χ3v) is 7.49. The number of fused-ring (bicyclic) bond motifs is 1. The van der Waals surface area contributed by atoms with Gasteiger partial charge < -0.3 is 20.8 Å². The minimum absolute atomic E-state index is 0. The Kier molecular flexibility index (Phi) is 3.58. The molecule has 25 heavy (non-hydrogen) atoms. The predicted octanol–water partition coefficient (Wildman–Crippen LogP) is 0.695. The average Bonchev–Trinajstić information content (AvgIpc) is 3.12. The van der Waals surface area contributed by atoms with Gasteiger partial charge in [0.1, 0.15) is 6.04 Å². The van der Waals surface area contributed by atoms with E-state index in [9.17, 15) is 20.3 Å². The number of likely N-dealkylation sites (tertiary alicyclic amines) is 1. The van der Waals surface area contributed by atoms with Gasteiger partial charge in [-0.1, -0.05) is 0 Å². The van der Waals surface area contributed by atoms with Crippen molar-refractivity contribution in [3.05, 3.63) is 0 Å². The molecule has 6 rings (SSSR count). The van der Waals surface area contributed by atoms with E-state index in [1.807, 2.05) is 0 Å². The highest BCUT2D eigenvalue weighted by atomic mass is 35.5. The molecule has 0 spiro atoms. The fraction of sp³-hybridized carbons (Fsp3) is 0.889. The molecule has 8 atom stereocenters. The fourth-order valence-corrected chi connectivity index (χ4v) is 7.07. The maximum absolute atomic E-state index is 13.2. The van der Waals surface area contributed by atoms with Crippen LogP contribution in [0.15, 0.2) is 0 Å². The Hall–Kier alpha value is -0.870. The second-order valence-corrected chi connectivity index (χ2v) is 9.49. The van der Waals surface area contributed by atoms with Crippen molar-refractivity contribution in [3.8, 4) is 6.07 Å². The molecule has 1 heterocycles. The van der Waals surface area contributed by atoms with Gasteiger partial charge in [0.15, 0.2) is 0 Å². The van der Waals surface area contributed by atoms with Gasteiger partial charge in [0.25, 0.3) is 0 Å². The number of piperidine rings is 1. The van der Waals surface area contributed by atoms with Crippen molar-refractivity contribution in [1.82, 2.24) is 4.90 Å². The van der Waals surface area contributed by atoms with Gasteiger partial charge in [-0.3, -0.25) is 4.79 Å². The number of carbonyl (C=O) groups is 1. The molecule has 1 saturated heterocycles. The quantitative estimate of drug-likeness (QED) is 0.665. The molecule has 6 nitrogen and oxygen atoms in total. The SMILES string of the molecule is Cl.N#C[C@@H]1C[C@@H]2C[C@@H]2N1C(=O)[C@@H](N)C12CC3C[C@@](O)(C1)C[C@](O)(C3)C2. The van der Waals surface area contributed by atoms with Crippen LogP contribution >= 0.6 is 12.4 Å². The van der Waals surface area contributed by atoms with Crippen LogP contribution in [-0.4, -0.2) is 50.3 Å². The lowest BCUT2D eigenvalue weighted by Crippen LogP contribution is -2.69. The van der Waals surface area contributed by atoms with E-state index in [1.54, 1.807) is 4.90 Å². The number of hydrogen-bond acceptors (Lipinski definition) is 5. The van der Waals surface area contributed by atoms with Gasteiger partial charge in [0.2, 0.25) is 5.91 Å². The summed E-state index contributed by atoms with van der Waals surface area (Å²) in [6.07, 6.45) is 5.41. The molecule has 6 fully saturated rings. The second-order valence-electron chi connectivity index (χ2n) is 9.49. The van der Waals surface area contributed by atoms with E-state index in [1.165, 1.54) is 0 Å². The number of halogens is 1. The van der Waals surface area contributed by atoms with Crippen LogP contribution in [-0.2, 0) is 4.79 Å². The molecule has 5 saturated carbocycles. The number of amides is 1. The maximum Gasteiger partial charge on any atom is 0.241 e. The third-order valence-electron chi connectivity index (χ3n) is 7.49. The number of hydrogen-bond donors (Lipinski definition) is 3. The van der Waals surface area contributed by atoms with Crippen molar-refractivity contribution in [1.29, 1.82) is 5.26 Å². The van der Waals surface area contributed by atoms with Crippen molar-refractivity contribution in [3.63, 3.8) is 0 Å². The molecule has 7 heteroatoms. The molecular formula is C18H26ClN3O3. The van der Waals surface area contributed by atoms with Crippen LogP contribution in [0.25, 0.3) is 0 Å². The molecule has 4 N–H and O–H groups in total. The van der Waals surface area contributed by atoms with E-state index in [-0.39, 0.29) is 36.3 Å². The summed E-state index contributed by atoms with van der Waals surface area (Å²) in [5.41, 5.74) is 4.21. The number of nitrogens with two attached hydrogens (primary N) is 1. The molecule has 0 aromatic heterocycles. The number of nitrogens with zero attached hydrogens (tertiary/aromatic N) is 2. The van der Waals surface area contributed by atoms with E-state index >= 15 is 0 Å². The molecule has 2 unspecified atom stereocenters. The Morgan fingerprint density at radius 1 is 1.16 bits per heavy atom. The van der Waals surface area contributed by atoms with Crippen molar-refractivity contribution in [2.75, 3.05) is 0 Å². The van der Waals surface area contributed by atoms with Crippen molar-refractivity contribution < 1.29 is 15.0 Å². The van der Waals surface area contributed by atoms with Crippen molar-refractivity contribution >= 4 is 18.3 Å². The lowest BCUT2D eigenvalue weighted by atomic mass is 9.44. The van der Waals surface area contributed by atoms with Crippen LogP contribution in [0.3, 0.4) is 0 Å². The Morgan fingerprint density at radius 3 is 2.36 bits per heavy atom. The van der Waals surface area contributed by atoms with Gasteiger partial charge >= 0.3 is 0 Å². The molecule has 0 aromatic carbocycles. The number of aliphatic hydroxyl groups is 2. The smallest absolute Gasteiger partial charge is 0.241 e. The minimum atomic E-state index is -0.881. The first-order valence-electron chi connectivity index (χ1n) is 9.19. The van der Waals surface area contributed by atoms with E-state index in [0.29, 0.717) is 38.0 Å². The van der Waals surface area contributed by atoms with E-state index in [4.69, 9.17) is 5.73 Å². The third kappa shape index (κ3) is 2.36. The first-order chi connectivity index (χ1) is 11.3. The van der Waals surface area contributed by atoms with Gasteiger partial charge in [0, 0.05) is 17.9 Å². The van der Waals surface area contributed by atoms with E-state index in [0.717, 1.165) is 19.3 Å². The maximum atomic E-state index is 13.2. The lowest BCUT2D eigenvalue weighted by Gasteiger charge is -2.64. The highest BCUT2D eigenvalue weighted by molar-refractivity contribution is 5.85. The summed E-state index contributed by atoms with van der Waals surface area (Å²) in [5.74, 6) is 0.574. The first kappa shape index (κ1) is 17.5. The monoisotopic (exact) mass is 367 g/mol. The van der Waals surface area contributed by atoms with Crippen molar-refractivity contribution in [2.24, 2.45) is 23.0 Å². The van der Waals surface area contributed by atoms with E-state index in [2.05, 4.69) is 6.07 Å². The predicted molar refractivity (Wildman–Crippen MR) is 91.5 cm³/mol. The molecular weight excluding hydrogens is 342 g/mol. The van der Waals surface area contributed by atoms with Crippen molar-refractivity contribution in [2.45, 2.75) is 80.7 Å². The lowest BCUT2D eigenvalue weighted by molar-refractivity contribution is -0.234. The zero-order chi connectivity index (χ0) is 16.9. The van der Waals surface area contributed by atoms with Gasteiger partial charge in [-0.25, -0.2) is 0 Å². The van der Waals surface area contributed by atoms with E-state index < -0.39 is 22.7 Å². The fourth-order valence-electron chi connectivity index (χ4n) is 7.07. The summed E-state index contributed by atoms with van der Waals surface area (Å²) in [4.78, 5) is 14.9. The topological polar surface area (TPSA) is 111 Å². The van der Waals surface area contributed by atoms with Crippen LogP contribution in [0.2, 0.25) is 0 Å². The molecule has 6 aliphatic rings. The molecule has 138 valence electrons. The Bertz CT molecular complexity index is 646. The summed E-state index contributed by atoms with van der Waals surface area (Å²) in [6, 6.07) is 1.36. The normalized spacial score (nSPS) is 53.0. The van der Waals surface area contributed by atoms with Gasteiger partial charge in [-0.05, 0) is 56.8 Å². The van der Waals surface area contributed by atoms with Crippen LogP contribution in [0.4, 0.5) is 0 Å². The summed E-state index contributed by atoms with van der Waals surface area (Å²) in [7, 11) is 0. The zero-order valence-electron chi connectivity index (χ0n) is 14.2. The van der Waals surface area contributed by atoms with Crippen LogP contribution in [0, 0.1) is 28.6 Å². The number of carbonyl (C=O) groups excluding carboxylic acids is 1. The largest absolute Gasteiger partial charge is 0.390 e. The van der Waals surface area contributed by atoms with Gasteiger partial charge in [-0.2, -0.15) is 5.26 Å². The zero-order valence-corrected chi connectivity index (χ0v) is 15.0. The molecule has 0 radical (unpaired) electrons. The average molecular weight is 368 g/mol. The Morgan fingerprint density at radius 2 is 1.80 bits per heavy atom. The summed E-state index contributed by atoms with van der Waals surface area (Å²) >= 11 is 0. The number of nitriles is 1. The molecule has 0 aromatic rings. The van der Waals surface area contributed by atoms with Gasteiger partial charge in [-0.15, -0.1) is 12.4 Å². The summed E-state index contributed by atoms with van der Waals surface area (Å²) < 4.78 is 0. The Labute approximate surface area is 153 Å². The van der Waals surface area contributed by atoms with Crippen LogP contribution < -0.4 is 5.73 Å². The van der Waals surface area contributed by atoms with Crippen LogP contribution in [0.5, 0.6) is 0 Å². The second kappa shape index (κ2) is 5.10. The Balaban J connectivity index is 0.00000157. The molecule has 5 aliphatic carbocycles. The highest BCUT2D eigenvalue weighted by Crippen LogP contribution is 2.64. The van der Waals surface area contributed by atoms with Crippen LogP contribution in [0.1, 0.15) is 51.4 Å². The standard InChI is InChI=1S/C18H25N3O3.ClH/c19-6-12-1-11-2-13(11)21(12)15(22)14(20)16-3-10-4-17(23,7-16)9-18(24,5-10)8-16;/h10-14,23-24H,1-5,7-9,20H2;1H/t10?,11-,12+,13+,14-,16?,17-,18+;/m1./s1. The summed E-state index contributed by atoms with van der Waals surface area (Å²) in [6.45, 7) is 0.